The van der Waals surface area contributed by atoms with Gasteiger partial charge in [-0.1, -0.05) is 0 Å². The maximum Gasteiger partial charge on any atom is 0.420 e. The first-order valence-corrected chi connectivity index (χ1v) is 4.63. The first-order valence-electron chi connectivity index (χ1n) is 4.63. The van der Waals surface area contributed by atoms with Crippen molar-refractivity contribution in [2.75, 3.05) is 14.2 Å². The molecule has 0 unspecified atom stereocenters. The van der Waals surface area contributed by atoms with Gasteiger partial charge in [-0.25, -0.2) is 0 Å². The number of rotatable bonds is 3. The van der Waals surface area contributed by atoms with Crippen LogP contribution in [0, 0.1) is 11.3 Å². The minimum atomic E-state index is -4.55. The molecule has 0 N–H and O–H groups in total. The van der Waals surface area contributed by atoms with Gasteiger partial charge in [0, 0.05) is 0 Å². The topological polar surface area (TPSA) is 42.2 Å². The van der Waals surface area contributed by atoms with Crippen molar-refractivity contribution in [2.45, 2.75) is 12.6 Å². The summed E-state index contributed by atoms with van der Waals surface area (Å²) in [6.07, 6.45) is -4.67. The number of hydrogen-bond donors (Lipinski definition) is 0. The van der Waals surface area contributed by atoms with Gasteiger partial charge >= 0.3 is 6.18 Å². The highest BCUT2D eigenvalue weighted by atomic mass is 19.4. The van der Waals surface area contributed by atoms with Gasteiger partial charge in [0.25, 0.3) is 0 Å². The van der Waals surface area contributed by atoms with Crippen molar-refractivity contribution in [3.8, 4) is 17.6 Å². The molecule has 0 aliphatic heterocycles. The van der Waals surface area contributed by atoms with Crippen LogP contribution in [0.1, 0.15) is 11.1 Å². The Balaban J connectivity index is 3.44. The molecule has 0 spiro atoms. The van der Waals surface area contributed by atoms with Crippen LogP contribution in [-0.2, 0) is 12.6 Å². The van der Waals surface area contributed by atoms with Crippen molar-refractivity contribution in [3.63, 3.8) is 0 Å². The summed E-state index contributed by atoms with van der Waals surface area (Å²) in [6, 6.07) is 4.04. The molecule has 17 heavy (non-hydrogen) atoms. The Hall–Kier alpha value is -1.90. The van der Waals surface area contributed by atoms with E-state index < -0.39 is 11.7 Å². The van der Waals surface area contributed by atoms with Crippen LogP contribution in [0.15, 0.2) is 12.1 Å². The number of nitriles is 1. The molecule has 6 heteroatoms. The molecular weight excluding hydrogens is 235 g/mol. The zero-order valence-corrected chi connectivity index (χ0v) is 9.26. The van der Waals surface area contributed by atoms with Crippen LogP contribution in [0.5, 0.6) is 11.5 Å². The molecule has 0 aromatic heterocycles. The van der Waals surface area contributed by atoms with Gasteiger partial charge in [-0.15, -0.1) is 0 Å². The maximum absolute atomic E-state index is 12.8. The Kier molecular flexibility index (Phi) is 3.84. The summed E-state index contributed by atoms with van der Waals surface area (Å²) in [4.78, 5) is 0. The number of benzene rings is 1. The zero-order valence-electron chi connectivity index (χ0n) is 9.26. The van der Waals surface area contributed by atoms with Gasteiger partial charge in [0.1, 0.15) is 5.56 Å². The Morgan fingerprint density at radius 2 is 1.88 bits per heavy atom. The number of ether oxygens (including phenoxy) is 2. The molecule has 0 heterocycles. The molecule has 92 valence electrons. The van der Waals surface area contributed by atoms with Crippen LogP contribution < -0.4 is 9.47 Å². The smallest absolute Gasteiger partial charge is 0.420 e. The van der Waals surface area contributed by atoms with Crippen molar-refractivity contribution in [1.82, 2.24) is 0 Å². The fourth-order valence-corrected chi connectivity index (χ4v) is 1.43. The van der Waals surface area contributed by atoms with Crippen molar-refractivity contribution in [3.05, 3.63) is 23.3 Å². The van der Waals surface area contributed by atoms with Crippen molar-refractivity contribution in [2.24, 2.45) is 0 Å². The quantitative estimate of drug-likeness (QED) is 0.822. The van der Waals surface area contributed by atoms with Gasteiger partial charge in [0.2, 0.25) is 0 Å². The van der Waals surface area contributed by atoms with Gasteiger partial charge in [-0.3, -0.25) is 0 Å². The highest BCUT2D eigenvalue weighted by Crippen LogP contribution is 2.42. The van der Waals surface area contributed by atoms with E-state index in [1.54, 1.807) is 6.07 Å². The Morgan fingerprint density at radius 3 is 2.29 bits per heavy atom. The number of halogens is 3. The molecule has 0 amide bonds. The predicted octanol–water partition coefficient (Wildman–Crippen LogP) is 2.79. The first-order chi connectivity index (χ1) is 7.93. The largest absolute Gasteiger partial charge is 0.493 e. The summed E-state index contributed by atoms with van der Waals surface area (Å²) in [7, 11) is 2.38. The van der Waals surface area contributed by atoms with Gasteiger partial charge < -0.3 is 9.47 Å². The molecule has 0 saturated heterocycles. The average Bonchev–Trinajstić information content (AvgIpc) is 2.27. The van der Waals surface area contributed by atoms with Crippen molar-refractivity contribution in [1.29, 1.82) is 5.26 Å². The van der Waals surface area contributed by atoms with E-state index in [1.807, 2.05) is 0 Å². The molecule has 0 fully saturated rings. The molecule has 3 nitrogen and oxygen atoms in total. The number of alkyl halides is 3. The Morgan fingerprint density at radius 1 is 1.24 bits per heavy atom. The minimum Gasteiger partial charge on any atom is -0.493 e. The summed E-state index contributed by atoms with van der Waals surface area (Å²) < 4.78 is 47.8. The van der Waals surface area contributed by atoms with E-state index in [9.17, 15) is 13.2 Å². The minimum absolute atomic E-state index is 0.0347. The van der Waals surface area contributed by atoms with E-state index in [0.717, 1.165) is 13.2 Å². The zero-order chi connectivity index (χ0) is 13.1. The van der Waals surface area contributed by atoms with E-state index in [2.05, 4.69) is 0 Å². The molecule has 1 aromatic rings. The summed E-state index contributed by atoms with van der Waals surface area (Å²) >= 11 is 0. The summed E-state index contributed by atoms with van der Waals surface area (Å²) in [6.45, 7) is 0. The molecule has 1 aromatic carbocycles. The standard InChI is InChI=1S/C11H10F3NO2/c1-16-9-6-7(3-4-15)5-8(10(9)17-2)11(12,13)14/h5-6H,3H2,1-2H3. The number of nitrogens with zero attached hydrogens (tertiary/aromatic N) is 1. The second-order valence-electron chi connectivity index (χ2n) is 3.21. The van der Waals surface area contributed by atoms with Gasteiger partial charge in [-0.05, 0) is 17.7 Å². The Bertz CT molecular complexity index is 449. The lowest BCUT2D eigenvalue weighted by Crippen LogP contribution is -2.09. The second-order valence-corrected chi connectivity index (χ2v) is 3.21. The fourth-order valence-electron chi connectivity index (χ4n) is 1.43. The summed E-state index contributed by atoms with van der Waals surface area (Å²) in [5.74, 6) is -0.408. The van der Waals surface area contributed by atoms with Crippen LogP contribution in [0.3, 0.4) is 0 Å². The maximum atomic E-state index is 12.8. The molecule has 0 saturated carbocycles. The molecule has 0 radical (unpaired) electrons. The lowest BCUT2D eigenvalue weighted by molar-refractivity contribution is -0.138. The molecule has 0 aliphatic carbocycles. The van der Waals surface area contributed by atoms with Gasteiger partial charge in [0.15, 0.2) is 11.5 Å². The third kappa shape index (κ3) is 2.81. The molecule has 0 aliphatic rings. The van der Waals surface area contributed by atoms with E-state index >= 15 is 0 Å². The van der Waals surface area contributed by atoms with Crippen molar-refractivity contribution < 1.29 is 22.6 Å². The normalized spacial score (nSPS) is 10.8. The third-order valence-corrected chi connectivity index (χ3v) is 2.13. The van der Waals surface area contributed by atoms with Crippen LogP contribution in [0.25, 0.3) is 0 Å². The molecule has 1 rings (SSSR count). The molecule has 0 bridgehead atoms. The first kappa shape index (κ1) is 13.2. The summed E-state index contributed by atoms with van der Waals surface area (Å²) in [5.41, 5.74) is -0.706. The SMILES string of the molecule is COc1cc(CC#N)cc(C(F)(F)F)c1OC. The summed E-state index contributed by atoms with van der Waals surface area (Å²) in [5, 5.41) is 8.50. The monoisotopic (exact) mass is 245 g/mol. The van der Waals surface area contributed by atoms with Gasteiger partial charge in [0.05, 0.1) is 26.7 Å². The number of hydrogen-bond acceptors (Lipinski definition) is 3. The lowest BCUT2D eigenvalue weighted by Gasteiger charge is -2.16. The average molecular weight is 245 g/mol. The van der Waals surface area contributed by atoms with Crippen molar-refractivity contribution >= 4 is 0 Å². The molecule has 0 atom stereocenters. The van der Waals surface area contributed by atoms with E-state index in [4.69, 9.17) is 14.7 Å². The number of methoxy groups -OCH3 is 2. The van der Waals surface area contributed by atoms with Crippen LogP contribution in [-0.4, -0.2) is 14.2 Å². The highest BCUT2D eigenvalue weighted by molar-refractivity contribution is 5.51. The van der Waals surface area contributed by atoms with E-state index in [-0.39, 0.29) is 23.5 Å². The fraction of sp³-hybridized carbons (Fsp3) is 0.364. The van der Waals surface area contributed by atoms with E-state index in [0.29, 0.717) is 0 Å². The highest BCUT2D eigenvalue weighted by Gasteiger charge is 2.36. The Labute approximate surface area is 96.4 Å². The lowest BCUT2D eigenvalue weighted by atomic mass is 10.1. The molecular formula is C11H10F3NO2. The van der Waals surface area contributed by atoms with Crippen LogP contribution >= 0.6 is 0 Å². The van der Waals surface area contributed by atoms with Crippen LogP contribution in [0.2, 0.25) is 0 Å². The van der Waals surface area contributed by atoms with Crippen LogP contribution in [0.4, 0.5) is 13.2 Å². The third-order valence-electron chi connectivity index (χ3n) is 2.13. The second kappa shape index (κ2) is 4.95. The van der Waals surface area contributed by atoms with E-state index in [1.165, 1.54) is 13.2 Å². The van der Waals surface area contributed by atoms with Gasteiger partial charge in [-0.2, -0.15) is 18.4 Å². The predicted molar refractivity (Wildman–Crippen MR) is 53.9 cm³/mol.